The number of carbonyl (C=O) groups is 2. The van der Waals surface area contributed by atoms with Crippen molar-refractivity contribution in [1.29, 1.82) is 0 Å². The van der Waals surface area contributed by atoms with Crippen molar-refractivity contribution in [3.63, 3.8) is 0 Å². The molecule has 3 rings (SSSR count). The van der Waals surface area contributed by atoms with Gasteiger partial charge in [-0.2, -0.15) is 0 Å². The second-order valence-electron chi connectivity index (χ2n) is 8.62. The first-order chi connectivity index (χ1) is 11.8. The smallest absolute Gasteiger partial charge is 0.309 e. The summed E-state index contributed by atoms with van der Waals surface area (Å²) in [6.07, 6.45) is 5.65. The molecule has 0 radical (unpaired) electrons. The van der Waals surface area contributed by atoms with Crippen LogP contribution in [0.5, 0.6) is 0 Å². The third kappa shape index (κ3) is 5.17. The third-order valence-corrected chi connectivity index (χ3v) is 5.53. The molecule has 5 atom stereocenters. The summed E-state index contributed by atoms with van der Waals surface area (Å²) in [5, 5.41) is 9.67. The van der Waals surface area contributed by atoms with E-state index in [1.165, 1.54) is 0 Å². The number of ether oxygens (including phenoxy) is 3. The Hall–Kier alpha value is -1.14. The van der Waals surface area contributed by atoms with Gasteiger partial charge in [-0.05, 0) is 38.5 Å². The van der Waals surface area contributed by atoms with Crippen molar-refractivity contribution in [2.45, 2.75) is 77.1 Å². The number of fused-ring (bicyclic) bond motifs is 1. The molecule has 0 aromatic rings. The predicted octanol–water partition coefficient (Wildman–Crippen LogP) is 2.22. The Kier molecular flexibility index (Phi) is 5.68. The summed E-state index contributed by atoms with van der Waals surface area (Å²) in [5.41, 5.74) is -0.425. The van der Waals surface area contributed by atoms with Crippen molar-refractivity contribution >= 4 is 11.9 Å². The molecule has 6 nitrogen and oxygen atoms in total. The van der Waals surface area contributed by atoms with Crippen LogP contribution in [0.3, 0.4) is 0 Å². The molecule has 0 aromatic heterocycles. The zero-order valence-electron chi connectivity index (χ0n) is 15.2. The Balaban J connectivity index is 1.37. The van der Waals surface area contributed by atoms with Crippen LogP contribution < -0.4 is 0 Å². The number of aliphatic hydroxyl groups is 1. The van der Waals surface area contributed by atoms with E-state index >= 15 is 0 Å². The largest absolute Gasteiger partial charge is 0.465 e. The van der Waals surface area contributed by atoms with Gasteiger partial charge in [-0.25, -0.2) is 0 Å². The van der Waals surface area contributed by atoms with Crippen LogP contribution in [-0.4, -0.2) is 48.6 Å². The fraction of sp³-hybridized carbons (Fsp3) is 0.895. The first-order valence-electron chi connectivity index (χ1n) is 9.51. The molecule has 4 unspecified atom stereocenters. The number of esters is 2. The molecule has 1 saturated heterocycles. The van der Waals surface area contributed by atoms with Crippen LogP contribution in [0.1, 0.15) is 58.8 Å². The lowest BCUT2D eigenvalue weighted by Crippen LogP contribution is -2.33. The van der Waals surface area contributed by atoms with Crippen molar-refractivity contribution < 1.29 is 28.9 Å². The van der Waals surface area contributed by atoms with E-state index in [0.717, 1.165) is 38.5 Å². The lowest BCUT2D eigenvalue weighted by Gasteiger charge is -2.28. The average molecular weight is 354 g/mol. The molecule has 0 aromatic carbocycles. The number of carbonyl (C=O) groups excluding carboxylic acids is 2. The standard InChI is InChI=1S/C19H30O6/c1-19(2,10-23-17(21)12-4-3-5-14(20)8-12)11-24-18(22)13-6-7-15-16(9-13)25-15/h12-16,20H,3-11H2,1-2H3/t12?,13?,14-,15?,16?/m1/s1. The Labute approximate surface area is 149 Å². The molecule has 1 aliphatic heterocycles. The lowest BCUT2D eigenvalue weighted by atomic mass is 9.87. The molecule has 3 aliphatic rings. The maximum Gasteiger partial charge on any atom is 0.309 e. The molecule has 0 bridgehead atoms. The highest BCUT2D eigenvalue weighted by molar-refractivity contribution is 5.73. The summed E-state index contributed by atoms with van der Waals surface area (Å²) in [6.45, 7) is 4.29. The van der Waals surface area contributed by atoms with Crippen LogP contribution in [0, 0.1) is 17.3 Å². The van der Waals surface area contributed by atoms with Gasteiger partial charge in [0.2, 0.25) is 0 Å². The molecule has 1 N–H and O–H groups in total. The average Bonchev–Trinajstić information content (AvgIpc) is 3.36. The van der Waals surface area contributed by atoms with Gasteiger partial charge in [-0.15, -0.1) is 0 Å². The summed E-state index contributed by atoms with van der Waals surface area (Å²) in [7, 11) is 0. The molecule has 2 aliphatic carbocycles. The highest BCUT2D eigenvalue weighted by Crippen LogP contribution is 2.40. The van der Waals surface area contributed by atoms with Gasteiger partial charge >= 0.3 is 11.9 Å². The Morgan fingerprint density at radius 2 is 1.60 bits per heavy atom. The Morgan fingerprint density at radius 3 is 2.20 bits per heavy atom. The molecular formula is C19H30O6. The molecule has 0 amide bonds. The summed E-state index contributed by atoms with van der Waals surface area (Å²) in [6, 6.07) is 0. The van der Waals surface area contributed by atoms with Crippen molar-refractivity contribution in [2.75, 3.05) is 13.2 Å². The van der Waals surface area contributed by atoms with Crippen LogP contribution in [0.15, 0.2) is 0 Å². The number of aliphatic hydroxyl groups excluding tert-OH is 1. The zero-order valence-corrected chi connectivity index (χ0v) is 15.2. The van der Waals surface area contributed by atoms with E-state index in [1.807, 2.05) is 13.8 Å². The van der Waals surface area contributed by atoms with E-state index in [2.05, 4.69) is 0 Å². The molecule has 142 valence electrons. The Bertz CT molecular complexity index is 478. The fourth-order valence-electron chi connectivity index (χ4n) is 3.81. The second-order valence-corrected chi connectivity index (χ2v) is 8.62. The summed E-state index contributed by atoms with van der Waals surface area (Å²) < 4.78 is 16.4. The van der Waals surface area contributed by atoms with Gasteiger partial charge in [0, 0.05) is 5.41 Å². The molecule has 25 heavy (non-hydrogen) atoms. The molecule has 3 fully saturated rings. The third-order valence-electron chi connectivity index (χ3n) is 5.53. The van der Waals surface area contributed by atoms with E-state index in [0.29, 0.717) is 12.5 Å². The van der Waals surface area contributed by atoms with Crippen LogP contribution >= 0.6 is 0 Å². The summed E-state index contributed by atoms with van der Waals surface area (Å²) >= 11 is 0. The quantitative estimate of drug-likeness (QED) is 0.581. The highest BCUT2D eigenvalue weighted by atomic mass is 16.6. The van der Waals surface area contributed by atoms with Crippen molar-refractivity contribution in [3.05, 3.63) is 0 Å². The normalized spacial score (nSPS) is 34.8. The fourth-order valence-corrected chi connectivity index (χ4v) is 3.81. The van der Waals surface area contributed by atoms with Crippen LogP contribution in [0.4, 0.5) is 0 Å². The minimum atomic E-state index is -0.425. The number of hydrogen-bond donors (Lipinski definition) is 1. The highest BCUT2D eigenvalue weighted by Gasteiger charge is 2.46. The Morgan fingerprint density at radius 1 is 0.960 bits per heavy atom. The monoisotopic (exact) mass is 354 g/mol. The van der Waals surface area contributed by atoms with Gasteiger partial charge in [0.25, 0.3) is 0 Å². The van der Waals surface area contributed by atoms with E-state index in [-0.39, 0.29) is 43.1 Å². The van der Waals surface area contributed by atoms with Gasteiger partial charge in [0.1, 0.15) is 0 Å². The topological polar surface area (TPSA) is 85.4 Å². The first-order valence-corrected chi connectivity index (χ1v) is 9.51. The maximum atomic E-state index is 12.2. The van der Waals surface area contributed by atoms with Crippen molar-refractivity contribution in [1.82, 2.24) is 0 Å². The predicted molar refractivity (Wildman–Crippen MR) is 89.7 cm³/mol. The van der Waals surface area contributed by atoms with E-state index in [1.54, 1.807) is 0 Å². The first kappa shape index (κ1) is 18.6. The molecule has 2 saturated carbocycles. The van der Waals surface area contributed by atoms with Gasteiger partial charge < -0.3 is 19.3 Å². The van der Waals surface area contributed by atoms with E-state index in [9.17, 15) is 14.7 Å². The van der Waals surface area contributed by atoms with Crippen molar-refractivity contribution in [2.24, 2.45) is 17.3 Å². The number of epoxide rings is 1. The van der Waals surface area contributed by atoms with Gasteiger partial charge in [-0.1, -0.05) is 20.3 Å². The summed E-state index contributed by atoms with van der Waals surface area (Å²) in [4.78, 5) is 24.4. The molecular weight excluding hydrogens is 324 g/mol. The van der Waals surface area contributed by atoms with Gasteiger partial charge in [-0.3, -0.25) is 9.59 Å². The van der Waals surface area contributed by atoms with E-state index < -0.39 is 11.5 Å². The number of hydrogen-bond acceptors (Lipinski definition) is 6. The van der Waals surface area contributed by atoms with Crippen LogP contribution in [-0.2, 0) is 23.8 Å². The zero-order chi connectivity index (χ0) is 18.0. The molecule has 0 spiro atoms. The molecule has 6 heteroatoms. The number of rotatable bonds is 6. The SMILES string of the molecule is CC(C)(COC(=O)C1CCC2OC2C1)COC(=O)C1CCC[C@@H](O)C1. The van der Waals surface area contributed by atoms with Crippen molar-refractivity contribution in [3.8, 4) is 0 Å². The van der Waals surface area contributed by atoms with E-state index in [4.69, 9.17) is 14.2 Å². The van der Waals surface area contributed by atoms with Gasteiger partial charge in [0.15, 0.2) is 0 Å². The van der Waals surface area contributed by atoms with Crippen LogP contribution in [0.25, 0.3) is 0 Å². The lowest BCUT2D eigenvalue weighted by molar-refractivity contribution is -0.159. The van der Waals surface area contributed by atoms with Crippen LogP contribution in [0.2, 0.25) is 0 Å². The maximum absolute atomic E-state index is 12.2. The summed E-state index contributed by atoms with van der Waals surface area (Å²) in [5.74, 6) is -0.687. The van der Waals surface area contributed by atoms with Gasteiger partial charge in [0.05, 0.1) is 43.4 Å². The molecule has 1 heterocycles. The second kappa shape index (κ2) is 7.62. The minimum absolute atomic E-state index is 0.0640. The minimum Gasteiger partial charge on any atom is -0.465 e.